The quantitative estimate of drug-likeness (QED) is 0.752. The van der Waals surface area contributed by atoms with Crippen LogP contribution in [0.2, 0.25) is 0 Å². The summed E-state index contributed by atoms with van der Waals surface area (Å²) >= 11 is 0. The van der Waals surface area contributed by atoms with E-state index >= 15 is 0 Å². The predicted octanol–water partition coefficient (Wildman–Crippen LogP) is 2.58. The van der Waals surface area contributed by atoms with E-state index in [2.05, 4.69) is 10.6 Å². The molecule has 2 amide bonds. The lowest BCUT2D eigenvalue weighted by Crippen LogP contribution is -2.51. The molecular formula is C18H26N2O4. The minimum Gasteiger partial charge on any atom is -0.445 e. The first-order chi connectivity index (χ1) is 11.7. The molecule has 1 aliphatic carbocycles. The summed E-state index contributed by atoms with van der Waals surface area (Å²) < 4.78 is 10.1. The number of hydrogen-bond acceptors (Lipinski definition) is 4. The van der Waals surface area contributed by atoms with E-state index < -0.39 is 12.1 Å². The number of methoxy groups -OCH3 is 1. The zero-order chi connectivity index (χ0) is 17.2. The molecule has 1 atom stereocenters. The first kappa shape index (κ1) is 18.3. The fourth-order valence-electron chi connectivity index (χ4n) is 3.01. The number of ether oxygens (including phenoxy) is 2. The maximum absolute atomic E-state index is 12.3. The van der Waals surface area contributed by atoms with E-state index in [1.807, 2.05) is 30.3 Å². The Morgan fingerprint density at radius 2 is 1.88 bits per heavy atom. The third kappa shape index (κ3) is 5.85. The molecule has 1 aromatic carbocycles. The zero-order valence-corrected chi connectivity index (χ0v) is 14.1. The van der Waals surface area contributed by atoms with Crippen molar-refractivity contribution in [2.45, 2.75) is 44.8 Å². The maximum atomic E-state index is 12.3. The monoisotopic (exact) mass is 334 g/mol. The highest BCUT2D eigenvalue weighted by molar-refractivity contribution is 5.85. The summed E-state index contributed by atoms with van der Waals surface area (Å²) in [5, 5.41) is 5.41. The highest BCUT2D eigenvalue weighted by Crippen LogP contribution is 2.26. The number of carbonyl (C=O) groups excluding carboxylic acids is 2. The van der Waals surface area contributed by atoms with Crippen LogP contribution in [-0.4, -0.2) is 31.9 Å². The molecule has 0 bridgehead atoms. The normalized spacial score (nSPS) is 16.2. The van der Waals surface area contributed by atoms with Crippen LogP contribution < -0.4 is 10.6 Å². The molecule has 6 nitrogen and oxygen atoms in total. The fourth-order valence-corrected chi connectivity index (χ4v) is 3.01. The van der Waals surface area contributed by atoms with E-state index in [4.69, 9.17) is 9.47 Å². The van der Waals surface area contributed by atoms with Gasteiger partial charge in [-0.2, -0.15) is 0 Å². The highest BCUT2D eigenvalue weighted by Gasteiger charge is 2.31. The molecule has 6 heteroatoms. The maximum Gasteiger partial charge on any atom is 0.408 e. The van der Waals surface area contributed by atoms with Crippen molar-refractivity contribution in [3.05, 3.63) is 35.9 Å². The lowest BCUT2D eigenvalue weighted by atomic mass is 9.83. The lowest BCUT2D eigenvalue weighted by molar-refractivity contribution is -0.126. The Hall–Kier alpha value is -2.08. The van der Waals surface area contributed by atoms with E-state index in [1.165, 1.54) is 13.5 Å². The van der Waals surface area contributed by atoms with Gasteiger partial charge >= 0.3 is 6.09 Å². The molecule has 132 valence electrons. The second-order valence-corrected chi connectivity index (χ2v) is 6.06. The molecule has 1 aromatic rings. The van der Waals surface area contributed by atoms with Gasteiger partial charge in [0.25, 0.3) is 0 Å². The van der Waals surface area contributed by atoms with Gasteiger partial charge in [-0.3, -0.25) is 4.79 Å². The fraction of sp³-hybridized carbons (Fsp3) is 0.556. The van der Waals surface area contributed by atoms with Crippen LogP contribution in [0, 0.1) is 5.92 Å². The second-order valence-electron chi connectivity index (χ2n) is 6.06. The molecule has 1 aliphatic rings. The smallest absolute Gasteiger partial charge is 0.408 e. The van der Waals surface area contributed by atoms with Gasteiger partial charge in [0.05, 0.1) is 0 Å². The van der Waals surface area contributed by atoms with Crippen LogP contribution in [-0.2, 0) is 20.9 Å². The van der Waals surface area contributed by atoms with Crippen molar-refractivity contribution in [2.24, 2.45) is 5.92 Å². The zero-order valence-electron chi connectivity index (χ0n) is 14.1. The standard InChI is InChI=1S/C18H26N2O4/c1-23-13-19-17(21)16(15-10-6-3-7-11-15)20-18(22)24-12-14-8-4-2-5-9-14/h2,4-5,8-9,15-16H,3,6-7,10-13H2,1H3,(H,19,21)(H,20,22)/t16-/m1/s1. The minimum absolute atomic E-state index is 0.128. The van der Waals surface area contributed by atoms with Crippen LogP contribution in [0.5, 0.6) is 0 Å². The summed E-state index contributed by atoms with van der Waals surface area (Å²) in [4.78, 5) is 24.5. The van der Waals surface area contributed by atoms with Crippen LogP contribution in [0.3, 0.4) is 0 Å². The Balaban J connectivity index is 1.90. The predicted molar refractivity (Wildman–Crippen MR) is 90.1 cm³/mol. The number of hydrogen-bond donors (Lipinski definition) is 2. The molecule has 0 saturated heterocycles. The molecule has 1 fully saturated rings. The van der Waals surface area contributed by atoms with Crippen molar-refractivity contribution in [1.29, 1.82) is 0 Å². The summed E-state index contributed by atoms with van der Waals surface area (Å²) in [6, 6.07) is 8.87. The number of benzene rings is 1. The summed E-state index contributed by atoms with van der Waals surface area (Å²) in [6.45, 7) is 0.312. The number of rotatable bonds is 7. The lowest BCUT2D eigenvalue weighted by Gasteiger charge is -2.29. The van der Waals surface area contributed by atoms with Crippen LogP contribution in [0.15, 0.2) is 30.3 Å². The Morgan fingerprint density at radius 3 is 2.54 bits per heavy atom. The van der Waals surface area contributed by atoms with Gasteiger partial charge in [-0.25, -0.2) is 4.79 Å². The number of amides is 2. The van der Waals surface area contributed by atoms with E-state index in [9.17, 15) is 9.59 Å². The third-order valence-corrected chi connectivity index (χ3v) is 4.28. The number of carbonyl (C=O) groups is 2. The molecule has 0 aliphatic heterocycles. The Morgan fingerprint density at radius 1 is 1.17 bits per heavy atom. The molecular weight excluding hydrogens is 308 g/mol. The minimum atomic E-state index is -0.580. The van der Waals surface area contributed by atoms with Gasteiger partial charge in [0, 0.05) is 7.11 Å². The van der Waals surface area contributed by atoms with E-state index in [1.54, 1.807) is 0 Å². The van der Waals surface area contributed by atoms with Gasteiger partial charge in [-0.1, -0.05) is 49.6 Å². The summed E-state index contributed by atoms with van der Waals surface area (Å²) in [7, 11) is 1.51. The summed E-state index contributed by atoms with van der Waals surface area (Å²) in [6.07, 6.45) is 4.65. The van der Waals surface area contributed by atoms with Crippen molar-refractivity contribution in [1.82, 2.24) is 10.6 Å². The highest BCUT2D eigenvalue weighted by atomic mass is 16.5. The molecule has 1 saturated carbocycles. The molecule has 2 rings (SSSR count). The van der Waals surface area contributed by atoms with Crippen LogP contribution >= 0.6 is 0 Å². The van der Waals surface area contributed by atoms with Crippen LogP contribution in [0.25, 0.3) is 0 Å². The van der Waals surface area contributed by atoms with Gasteiger partial charge < -0.3 is 20.1 Å². The van der Waals surface area contributed by atoms with Crippen molar-refractivity contribution in [3.63, 3.8) is 0 Å². The van der Waals surface area contributed by atoms with Crippen molar-refractivity contribution in [2.75, 3.05) is 13.8 Å². The first-order valence-electron chi connectivity index (χ1n) is 8.44. The summed E-state index contributed by atoms with van der Waals surface area (Å²) in [5.41, 5.74) is 0.908. The Bertz CT molecular complexity index is 515. The Labute approximate surface area is 142 Å². The molecule has 0 unspecified atom stereocenters. The average Bonchev–Trinajstić information content (AvgIpc) is 2.64. The van der Waals surface area contributed by atoms with Crippen LogP contribution in [0.1, 0.15) is 37.7 Å². The third-order valence-electron chi connectivity index (χ3n) is 4.28. The summed E-state index contributed by atoms with van der Waals surface area (Å²) in [5.74, 6) is -0.0831. The average molecular weight is 334 g/mol. The largest absolute Gasteiger partial charge is 0.445 e. The van der Waals surface area contributed by atoms with Gasteiger partial charge in [0.2, 0.25) is 5.91 Å². The van der Waals surface area contributed by atoms with E-state index in [-0.39, 0.29) is 25.2 Å². The van der Waals surface area contributed by atoms with Crippen molar-refractivity contribution < 1.29 is 19.1 Å². The van der Waals surface area contributed by atoms with Gasteiger partial charge in [-0.15, -0.1) is 0 Å². The van der Waals surface area contributed by atoms with Gasteiger partial charge in [0.1, 0.15) is 19.4 Å². The Kier molecular flexibility index (Phi) is 7.55. The molecule has 24 heavy (non-hydrogen) atoms. The van der Waals surface area contributed by atoms with Crippen LogP contribution in [0.4, 0.5) is 4.79 Å². The molecule has 0 spiro atoms. The van der Waals surface area contributed by atoms with Gasteiger partial charge in [-0.05, 0) is 24.3 Å². The SMILES string of the molecule is COCNC(=O)[C@H](NC(=O)OCc1ccccc1)C1CCCCC1. The number of alkyl carbamates (subject to hydrolysis) is 1. The molecule has 0 heterocycles. The van der Waals surface area contributed by atoms with E-state index in [0.29, 0.717) is 0 Å². The topological polar surface area (TPSA) is 76.7 Å². The van der Waals surface area contributed by atoms with Crippen molar-refractivity contribution >= 4 is 12.0 Å². The van der Waals surface area contributed by atoms with Crippen molar-refractivity contribution in [3.8, 4) is 0 Å². The van der Waals surface area contributed by atoms with E-state index in [0.717, 1.165) is 31.2 Å². The van der Waals surface area contributed by atoms with Gasteiger partial charge in [0.15, 0.2) is 0 Å². The first-order valence-corrected chi connectivity index (χ1v) is 8.44. The molecule has 2 N–H and O–H groups in total. The molecule has 0 radical (unpaired) electrons. The molecule has 0 aromatic heterocycles. The second kappa shape index (κ2) is 9.93. The number of nitrogens with one attached hydrogen (secondary N) is 2.